The number of aliphatic hydroxyl groups is 1. The maximum atomic E-state index is 12.8. The molecule has 1 aliphatic heterocycles. The van der Waals surface area contributed by atoms with Crippen LogP contribution in [0.3, 0.4) is 0 Å². The third kappa shape index (κ3) is 2.10. The van der Waals surface area contributed by atoms with Gasteiger partial charge in [0.25, 0.3) is 0 Å². The minimum absolute atomic E-state index is 0.144. The number of hydrogen-bond donors (Lipinski definition) is 1. The number of rotatable bonds is 1. The van der Waals surface area contributed by atoms with Gasteiger partial charge in [-0.05, 0) is 13.0 Å². The Morgan fingerprint density at radius 2 is 1.67 bits per heavy atom. The molecule has 0 saturated heterocycles. The highest BCUT2D eigenvalue weighted by Crippen LogP contribution is 2.45. The Labute approximate surface area is 106 Å². The van der Waals surface area contributed by atoms with Crippen LogP contribution in [-0.4, -0.2) is 24.5 Å². The summed E-state index contributed by atoms with van der Waals surface area (Å²) in [6.07, 6.45) is -4.83. The number of fused-ring (bicyclic) bond motifs is 1. The lowest BCUT2D eigenvalue weighted by molar-refractivity contribution is -0.258. The van der Waals surface area contributed by atoms with Crippen molar-refractivity contribution < 1.29 is 27.8 Å². The standard InChI is InChI=1S/C11H10ClF3O3/c1-10(16,11(13,14)15)6-4-8-9(5-7(6)12)18-3-2-17-8/h4-5,16H,2-3H2,1H3. The van der Waals surface area contributed by atoms with Crippen LogP contribution >= 0.6 is 11.6 Å². The quantitative estimate of drug-likeness (QED) is 0.861. The maximum Gasteiger partial charge on any atom is 0.421 e. The molecule has 0 bridgehead atoms. The highest BCUT2D eigenvalue weighted by atomic mass is 35.5. The van der Waals surface area contributed by atoms with Crippen LogP contribution in [0.5, 0.6) is 11.5 Å². The second-order valence-corrected chi connectivity index (χ2v) is 4.45. The zero-order valence-electron chi connectivity index (χ0n) is 9.34. The van der Waals surface area contributed by atoms with Gasteiger partial charge in [0.1, 0.15) is 13.2 Å². The third-order valence-corrected chi connectivity index (χ3v) is 3.02. The van der Waals surface area contributed by atoms with Gasteiger partial charge in [-0.25, -0.2) is 0 Å². The summed E-state index contributed by atoms with van der Waals surface area (Å²) in [7, 11) is 0. The first-order chi connectivity index (χ1) is 8.23. The number of benzene rings is 1. The lowest BCUT2D eigenvalue weighted by Gasteiger charge is -2.29. The number of ether oxygens (including phenoxy) is 2. The fourth-order valence-corrected chi connectivity index (χ4v) is 1.93. The smallest absolute Gasteiger partial charge is 0.421 e. The normalized spacial score (nSPS) is 18.3. The summed E-state index contributed by atoms with van der Waals surface area (Å²) in [6.45, 7) is 1.19. The molecule has 0 spiro atoms. The molecule has 0 aromatic heterocycles. The molecule has 1 heterocycles. The summed E-state index contributed by atoms with van der Waals surface area (Å²) >= 11 is 5.76. The van der Waals surface area contributed by atoms with E-state index in [1.807, 2.05) is 0 Å². The van der Waals surface area contributed by atoms with Crippen molar-refractivity contribution in [3.63, 3.8) is 0 Å². The van der Waals surface area contributed by atoms with E-state index in [1.54, 1.807) is 0 Å². The van der Waals surface area contributed by atoms with Crippen LogP contribution in [0.25, 0.3) is 0 Å². The molecule has 7 heteroatoms. The molecular weight excluding hydrogens is 273 g/mol. The molecule has 100 valence electrons. The summed E-state index contributed by atoms with van der Waals surface area (Å²) in [6, 6.07) is 2.27. The summed E-state index contributed by atoms with van der Waals surface area (Å²) in [5.74, 6) is 0.415. The molecule has 1 aliphatic rings. The molecule has 2 rings (SSSR count). The van der Waals surface area contributed by atoms with Crippen LogP contribution in [0.4, 0.5) is 13.2 Å². The van der Waals surface area contributed by atoms with Crippen molar-refractivity contribution in [3.8, 4) is 11.5 Å². The van der Waals surface area contributed by atoms with E-state index in [2.05, 4.69) is 0 Å². The molecule has 1 atom stereocenters. The van der Waals surface area contributed by atoms with E-state index in [0.717, 1.165) is 6.07 Å². The second-order valence-electron chi connectivity index (χ2n) is 4.05. The largest absolute Gasteiger partial charge is 0.486 e. The molecule has 3 nitrogen and oxygen atoms in total. The van der Waals surface area contributed by atoms with Crippen molar-refractivity contribution in [1.82, 2.24) is 0 Å². The Morgan fingerprint density at radius 1 is 1.17 bits per heavy atom. The van der Waals surface area contributed by atoms with Gasteiger partial charge in [0.05, 0.1) is 5.02 Å². The summed E-state index contributed by atoms with van der Waals surface area (Å²) < 4.78 is 48.6. The maximum absolute atomic E-state index is 12.8. The van der Waals surface area contributed by atoms with Gasteiger partial charge < -0.3 is 14.6 Å². The Kier molecular flexibility index (Phi) is 3.11. The minimum Gasteiger partial charge on any atom is -0.486 e. The first-order valence-corrected chi connectivity index (χ1v) is 5.50. The fourth-order valence-electron chi connectivity index (χ4n) is 1.59. The van der Waals surface area contributed by atoms with Crippen molar-refractivity contribution in [2.45, 2.75) is 18.7 Å². The summed E-state index contributed by atoms with van der Waals surface area (Å²) in [5, 5.41) is 9.38. The van der Waals surface area contributed by atoms with Crippen LogP contribution in [0, 0.1) is 0 Å². The van der Waals surface area contributed by atoms with Crippen molar-refractivity contribution in [1.29, 1.82) is 0 Å². The number of alkyl halides is 3. The predicted molar refractivity (Wildman–Crippen MR) is 58.1 cm³/mol. The summed E-state index contributed by atoms with van der Waals surface area (Å²) in [5.41, 5.74) is -3.50. The molecule has 18 heavy (non-hydrogen) atoms. The first kappa shape index (κ1) is 13.3. The Balaban J connectivity index is 2.52. The van der Waals surface area contributed by atoms with E-state index in [9.17, 15) is 18.3 Å². The second kappa shape index (κ2) is 4.20. The molecule has 0 amide bonds. The van der Waals surface area contributed by atoms with Gasteiger partial charge in [-0.1, -0.05) is 11.6 Å². The van der Waals surface area contributed by atoms with Crippen LogP contribution in [0.15, 0.2) is 12.1 Å². The monoisotopic (exact) mass is 282 g/mol. The topological polar surface area (TPSA) is 38.7 Å². The van der Waals surface area contributed by atoms with Crippen molar-refractivity contribution >= 4 is 11.6 Å². The lowest BCUT2D eigenvalue weighted by Crippen LogP contribution is -2.39. The van der Waals surface area contributed by atoms with E-state index in [0.29, 0.717) is 13.5 Å². The summed E-state index contributed by atoms with van der Waals surface area (Å²) in [4.78, 5) is 0. The first-order valence-electron chi connectivity index (χ1n) is 5.12. The molecule has 0 radical (unpaired) electrons. The average Bonchev–Trinajstić information content (AvgIpc) is 2.26. The van der Waals surface area contributed by atoms with Gasteiger partial charge >= 0.3 is 6.18 Å². The van der Waals surface area contributed by atoms with Gasteiger partial charge in [-0.15, -0.1) is 0 Å². The molecule has 0 saturated carbocycles. The van der Waals surface area contributed by atoms with Crippen molar-refractivity contribution in [3.05, 3.63) is 22.7 Å². The molecule has 1 N–H and O–H groups in total. The van der Waals surface area contributed by atoms with E-state index in [1.165, 1.54) is 6.07 Å². The van der Waals surface area contributed by atoms with Gasteiger partial charge in [-0.2, -0.15) is 13.2 Å². The highest BCUT2D eigenvalue weighted by molar-refractivity contribution is 6.31. The number of halogens is 4. The van der Waals surface area contributed by atoms with E-state index in [-0.39, 0.29) is 23.1 Å². The van der Waals surface area contributed by atoms with Crippen molar-refractivity contribution in [2.24, 2.45) is 0 Å². The van der Waals surface area contributed by atoms with Gasteiger partial charge in [-0.3, -0.25) is 0 Å². The molecule has 1 aromatic rings. The van der Waals surface area contributed by atoms with Crippen LogP contribution < -0.4 is 9.47 Å². The zero-order valence-corrected chi connectivity index (χ0v) is 10.1. The SMILES string of the molecule is CC(O)(c1cc2c(cc1Cl)OCCO2)C(F)(F)F. The van der Waals surface area contributed by atoms with Gasteiger partial charge in [0, 0.05) is 11.6 Å². The molecule has 0 fully saturated rings. The lowest BCUT2D eigenvalue weighted by atomic mass is 9.95. The average molecular weight is 283 g/mol. The predicted octanol–water partition coefficient (Wildman–Crippen LogP) is 2.88. The van der Waals surface area contributed by atoms with E-state index >= 15 is 0 Å². The number of hydrogen-bond acceptors (Lipinski definition) is 3. The molecule has 1 unspecified atom stereocenters. The fraction of sp³-hybridized carbons (Fsp3) is 0.455. The third-order valence-electron chi connectivity index (χ3n) is 2.71. The van der Waals surface area contributed by atoms with Crippen LogP contribution in [0.1, 0.15) is 12.5 Å². The van der Waals surface area contributed by atoms with Crippen LogP contribution in [-0.2, 0) is 5.60 Å². The highest BCUT2D eigenvalue weighted by Gasteiger charge is 2.52. The van der Waals surface area contributed by atoms with Gasteiger partial charge in [0.2, 0.25) is 0 Å². The van der Waals surface area contributed by atoms with Gasteiger partial charge in [0.15, 0.2) is 17.1 Å². The Morgan fingerprint density at radius 3 is 2.17 bits per heavy atom. The van der Waals surface area contributed by atoms with E-state index in [4.69, 9.17) is 21.1 Å². The zero-order chi connectivity index (χ0) is 13.6. The molecule has 0 aliphatic carbocycles. The molecule has 1 aromatic carbocycles. The van der Waals surface area contributed by atoms with Crippen LogP contribution in [0.2, 0.25) is 5.02 Å². The molecular formula is C11H10ClF3O3. The van der Waals surface area contributed by atoms with E-state index < -0.39 is 17.3 Å². The minimum atomic E-state index is -4.83. The Bertz CT molecular complexity index is 471. The Hall–Kier alpha value is -1.14. The van der Waals surface area contributed by atoms with Crippen molar-refractivity contribution in [2.75, 3.05) is 13.2 Å².